The van der Waals surface area contributed by atoms with E-state index in [2.05, 4.69) is 29.8 Å². The van der Waals surface area contributed by atoms with Gasteiger partial charge in [0.25, 0.3) is 0 Å². The minimum Gasteiger partial charge on any atom is -0.504 e. The topological polar surface area (TPSA) is 47.9 Å². The zero-order valence-corrected chi connectivity index (χ0v) is 21.0. The molecular weight excluding hydrogens is 458 g/mol. The maximum Gasteiger partial charge on any atom is 0.161 e. The van der Waals surface area contributed by atoms with Gasteiger partial charge in [0, 0.05) is 16.6 Å². The Morgan fingerprint density at radius 1 is 1.19 bits per heavy atom. The molecule has 2 bridgehead atoms. The second-order valence-corrected chi connectivity index (χ2v) is 11.4. The lowest BCUT2D eigenvalue weighted by Gasteiger charge is -2.60. The van der Waals surface area contributed by atoms with Crippen LogP contribution in [0.3, 0.4) is 0 Å². The van der Waals surface area contributed by atoms with E-state index in [0.717, 1.165) is 84.9 Å². The fraction of sp³-hybridized carbons (Fsp3) is 0.760. The highest BCUT2D eigenvalue weighted by Gasteiger charge is 2.53. The second-order valence-electron chi connectivity index (χ2n) is 10.5. The van der Waals surface area contributed by atoms with Crippen LogP contribution >= 0.6 is 15.9 Å². The summed E-state index contributed by atoms with van der Waals surface area (Å²) >= 11 is 3.67. The van der Waals surface area contributed by atoms with Gasteiger partial charge in [-0.3, -0.25) is 0 Å². The molecule has 3 unspecified atom stereocenters. The minimum absolute atomic E-state index is 0.192. The number of benzene rings is 1. The van der Waals surface area contributed by atoms with Gasteiger partial charge in [-0.1, -0.05) is 29.8 Å². The fourth-order valence-electron chi connectivity index (χ4n) is 6.33. The standard InChI is InChI=1S/C25H38BrNO4/c1-25(2)20-5-4-18(21(25)15-20)6-10-30-11-7-27(8-12-31-13-9-27)17-19-14-23(28)24(29-3)16-22(19)26/h14,16,18,20-21H,4-13,15,17H2,1-3H3/p+1. The van der Waals surface area contributed by atoms with Gasteiger partial charge in [0.2, 0.25) is 0 Å². The highest BCUT2D eigenvalue weighted by atomic mass is 79.9. The summed E-state index contributed by atoms with van der Waals surface area (Å²) in [4.78, 5) is 0. The first-order valence-corrected chi connectivity index (χ1v) is 12.7. The minimum atomic E-state index is 0.192. The van der Waals surface area contributed by atoms with Crippen LogP contribution in [-0.4, -0.2) is 62.8 Å². The fourth-order valence-corrected chi connectivity index (χ4v) is 6.77. The molecule has 0 spiro atoms. The normalized spacial score (nSPS) is 28.7. The van der Waals surface area contributed by atoms with Crippen molar-refractivity contribution in [2.75, 3.05) is 53.2 Å². The number of morpholine rings is 1. The van der Waals surface area contributed by atoms with Gasteiger partial charge in [0.05, 0.1) is 26.9 Å². The number of hydrogen-bond acceptors (Lipinski definition) is 4. The Kier molecular flexibility index (Phi) is 7.21. The van der Waals surface area contributed by atoms with Gasteiger partial charge >= 0.3 is 0 Å². The summed E-state index contributed by atoms with van der Waals surface area (Å²) < 4.78 is 19.0. The van der Waals surface area contributed by atoms with Gasteiger partial charge in [-0.05, 0) is 61.0 Å². The Balaban J connectivity index is 1.30. The molecule has 1 aromatic carbocycles. The van der Waals surface area contributed by atoms with Crippen molar-refractivity contribution in [1.29, 1.82) is 0 Å². The van der Waals surface area contributed by atoms with E-state index >= 15 is 0 Å². The van der Waals surface area contributed by atoms with Crippen LogP contribution in [-0.2, 0) is 16.0 Å². The van der Waals surface area contributed by atoms with Crippen LogP contribution in [0.5, 0.6) is 11.5 Å². The maximum absolute atomic E-state index is 10.3. The number of phenols is 1. The summed E-state index contributed by atoms with van der Waals surface area (Å²) in [7, 11) is 1.58. The molecule has 6 heteroatoms. The summed E-state index contributed by atoms with van der Waals surface area (Å²) in [5, 5.41) is 10.3. The molecule has 1 heterocycles. The largest absolute Gasteiger partial charge is 0.504 e. The number of hydrogen-bond donors (Lipinski definition) is 1. The van der Waals surface area contributed by atoms with Gasteiger partial charge in [0.15, 0.2) is 11.5 Å². The van der Waals surface area contributed by atoms with Crippen molar-refractivity contribution in [3.05, 3.63) is 22.2 Å². The number of halogens is 1. The first kappa shape index (κ1) is 23.3. The molecule has 5 rings (SSSR count). The zero-order valence-electron chi connectivity index (χ0n) is 19.4. The van der Waals surface area contributed by atoms with E-state index in [1.165, 1.54) is 25.7 Å². The van der Waals surface area contributed by atoms with Crippen LogP contribution in [0.15, 0.2) is 16.6 Å². The van der Waals surface area contributed by atoms with E-state index in [-0.39, 0.29) is 5.75 Å². The molecule has 4 aliphatic rings. The summed E-state index contributed by atoms with van der Waals surface area (Å²) in [5.41, 5.74) is 1.66. The first-order chi connectivity index (χ1) is 14.8. The summed E-state index contributed by atoms with van der Waals surface area (Å²) in [6.45, 7) is 11.9. The molecule has 3 atom stereocenters. The molecule has 0 aromatic heterocycles. The number of ether oxygens (including phenoxy) is 3. The lowest BCUT2D eigenvalue weighted by molar-refractivity contribution is -0.947. The first-order valence-electron chi connectivity index (χ1n) is 11.9. The SMILES string of the molecule is COc1cc(Br)c(C[N+]2(CCOCCC3CCC4CC3C4(C)C)CCOCC2)cc1O. The molecule has 1 aromatic rings. The van der Waals surface area contributed by atoms with Crippen LogP contribution in [0.25, 0.3) is 0 Å². The van der Waals surface area contributed by atoms with Gasteiger partial charge in [-0.2, -0.15) is 0 Å². The van der Waals surface area contributed by atoms with Crippen LogP contribution in [0.2, 0.25) is 0 Å². The Labute approximate surface area is 195 Å². The van der Waals surface area contributed by atoms with Gasteiger partial charge < -0.3 is 23.8 Å². The van der Waals surface area contributed by atoms with E-state index < -0.39 is 0 Å². The second kappa shape index (κ2) is 9.58. The van der Waals surface area contributed by atoms with E-state index in [0.29, 0.717) is 11.2 Å². The van der Waals surface area contributed by atoms with E-state index in [1.54, 1.807) is 7.11 Å². The maximum atomic E-state index is 10.3. The van der Waals surface area contributed by atoms with Crippen molar-refractivity contribution in [2.45, 2.75) is 46.1 Å². The van der Waals surface area contributed by atoms with Gasteiger partial charge in [-0.15, -0.1) is 0 Å². The number of rotatable bonds is 9. The molecular formula is C25H39BrNO4+. The average Bonchev–Trinajstić information content (AvgIpc) is 2.76. The molecule has 31 heavy (non-hydrogen) atoms. The number of fused-ring (bicyclic) bond motifs is 2. The smallest absolute Gasteiger partial charge is 0.161 e. The molecule has 4 fully saturated rings. The third-order valence-corrected chi connectivity index (χ3v) is 9.36. The summed E-state index contributed by atoms with van der Waals surface area (Å²) in [6, 6.07) is 3.69. The summed E-state index contributed by atoms with van der Waals surface area (Å²) in [5.74, 6) is 3.42. The molecule has 1 aliphatic heterocycles. The van der Waals surface area contributed by atoms with Crippen molar-refractivity contribution < 1.29 is 23.8 Å². The Morgan fingerprint density at radius 2 is 1.97 bits per heavy atom. The van der Waals surface area contributed by atoms with Crippen molar-refractivity contribution in [1.82, 2.24) is 0 Å². The third kappa shape index (κ3) is 4.92. The monoisotopic (exact) mass is 496 g/mol. The lowest BCUT2D eigenvalue weighted by Crippen LogP contribution is -2.56. The van der Waals surface area contributed by atoms with Gasteiger partial charge in [-0.25, -0.2) is 0 Å². The molecule has 1 saturated heterocycles. The van der Waals surface area contributed by atoms with Crippen molar-refractivity contribution in [3.8, 4) is 11.5 Å². The van der Waals surface area contributed by atoms with Crippen molar-refractivity contribution in [2.24, 2.45) is 23.2 Å². The van der Waals surface area contributed by atoms with Crippen molar-refractivity contribution >= 4 is 15.9 Å². The molecule has 3 saturated carbocycles. The highest BCUT2D eigenvalue weighted by Crippen LogP contribution is 2.61. The number of nitrogens with zero attached hydrogens (tertiary/aromatic N) is 1. The summed E-state index contributed by atoms with van der Waals surface area (Å²) in [6.07, 6.45) is 5.47. The van der Waals surface area contributed by atoms with Gasteiger partial charge in [0.1, 0.15) is 26.2 Å². The predicted octanol–water partition coefficient (Wildman–Crippen LogP) is 4.99. The van der Waals surface area contributed by atoms with Crippen molar-refractivity contribution in [3.63, 3.8) is 0 Å². The number of methoxy groups -OCH3 is 1. The number of phenolic OH excluding ortho intramolecular Hbond substituents is 1. The Morgan fingerprint density at radius 3 is 2.65 bits per heavy atom. The van der Waals surface area contributed by atoms with E-state index in [9.17, 15) is 5.11 Å². The highest BCUT2D eigenvalue weighted by molar-refractivity contribution is 9.10. The number of quaternary nitrogens is 1. The quantitative estimate of drug-likeness (QED) is 0.386. The number of aromatic hydroxyl groups is 1. The lowest BCUT2D eigenvalue weighted by atomic mass is 9.45. The predicted molar refractivity (Wildman–Crippen MR) is 125 cm³/mol. The molecule has 3 aliphatic carbocycles. The average molecular weight is 497 g/mol. The molecule has 0 amide bonds. The molecule has 0 radical (unpaired) electrons. The van der Waals surface area contributed by atoms with Crippen LogP contribution in [0.1, 0.15) is 45.1 Å². The molecule has 1 N–H and O–H groups in total. The Hall–Kier alpha value is -0.820. The van der Waals surface area contributed by atoms with E-state index in [1.807, 2.05) is 12.1 Å². The molecule has 174 valence electrons. The molecule has 5 nitrogen and oxygen atoms in total. The van der Waals surface area contributed by atoms with Crippen LogP contribution in [0, 0.1) is 23.2 Å². The van der Waals surface area contributed by atoms with E-state index in [4.69, 9.17) is 14.2 Å². The van der Waals surface area contributed by atoms with Crippen LogP contribution in [0.4, 0.5) is 0 Å². The Bertz CT molecular complexity index is 760. The zero-order chi connectivity index (χ0) is 22.1. The third-order valence-electron chi connectivity index (χ3n) is 8.62. The van der Waals surface area contributed by atoms with Crippen LogP contribution < -0.4 is 4.74 Å².